The molecule has 0 bridgehead atoms. The molecular weight excluding hydrogens is 450 g/mol. The second-order valence-corrected chi connectivity index (χ2v) is 9.29. The molecule has 0 aliphatic carbocycles. The lowest BCUT2D eigenvalue weighted by molar-refractivity contribution is 0.0954. The van der Waals surface area contributed by atoms with E-state index in [4.69, 9.17) is 14.7 Å². The molecule has 5 rings (SSSR count). The van der Waals surface area contributed by atoms with Crippen molar-refractivity contribution >= 4 is 39.6 Å². The van der Waals surface area contributed by atoms with E-state index in [9.17, 15) is 4.79 Å². The van der Waals surface area contributed by atoms with Crippen LogP contribution in [0.5, 0.6) is 5.75 Å². The number of nitrogens with zero attached hydrogens (tertiary/aromatic N) is 2. The van der Waals surface area contributed by atoms with E-state index < -0.39 is 0 Å². The van der Waals surface area contributed by atoms with Crippen LogP contribution in [-0.2, 0) is 6.42 Å². The average Bonchev–Trinajstić information content (AvgIpc) is 3.58. The SMILES string of the molecule is COc1ccccc1CCNC(=O)c1ccc2nc(-c3cccs3)c(-c3cccs3)nc2c1. The highest BCUT2D eigenvalue weighted by Crippen LogP contribution is 2.35. The lowest BCUT2D eigenvalue weighted by atomic mass is 10.1. The van der Waals surface area contributed by atoms with Crippen molar-refractivity contribution in [3.8, 4) is 26.9 Å². The molecule has 0 saturated carbocycles. The third-order valence-corrected chi connectivity index (χ3v) is 7.06. The molecule has 0 atom stereocenters. The number of methoxy groups -OCH3 is 1. The van der Waals surface area contributed by atoms with E-state index in [-0.39, 0.29) is 5.91 Å². The molecule has 3 aromatic heterocycles. The van der Waals surface area contributed by atoms with Gasteiger partial charge in [0.25, 0.3) is 5.91 Å². The number of para-hydroxylation sites is 1. The van der Waals surface area contributed by atoms with Gasteiger partial charge in [0.15, 0.2) is 0 Å². The third-order valence-electron chi connectivity index (χ3n) is 5.31. The first kappa shape index (κ1) is 21.3. The van der Waals surface area contributed by atoms with Crippen LogP contribution in [0.15, 0.2) is 77.5 Å². The van der Waals surface area contributed by atoms with Gasteiger partial charge in [-0.1, -0.05) is 30.3 Å². The van der Waals surface area contributed by atoms with Gasteiger partial charge in [0, 0.05) is 12.1 Å². The van der Waals surface area contributed by atoms with Gasteiger partial charge in [-0.05, 0) is 59.1 Å². The number of benzene rings is 2. The number of amides is 1. The van der Waals surface area contributed by atoms with E-state index >= 15 is 0 Å². The van der Waals surface area contributed by atoms with Gasteiger partial charge in [0.1, 0.15) is 17.1 Å². The molecule has 5 nitrogen and oxygen atoms in total. The van der Waals surface area contributed by atoms with Gasteiger partial charge in [-0.2, -0.15) is 0 Å². The van der Waals surface area contributed by atoms with E-state index in [1.165, 1.54) is 0 Å². The zero-order chi connectivity index (χ0) is 22.6. The molecule has 33 heavy (non-hydrogen) atoms. The first-order valence-corrected chi connectivity index (χ1v) is 12.3. The zero-order valence-electron chi connectivity index (χ0n) is 17.9. The summed E-state index contributed by atoms with van der Waals surface area (Å²) in [6.45, 7) is 0.515. The van der Waals surface area contributed by atoms with Gasteiger partial charge in [-0.15, -0.1) is 22.7 Å². The largest absolute Gasteiger partial charge is 0.496 e. The molecular formula is C26H21N3O2S2. The highest BCUT2D eigenvalue weighted by molar-refractivity contribution is 7.14. The number of carbonyl (C=O) groups is 1. The normalized spacial score (nSPS) is 10.9. The minimum atomic E-state index is -0.131. The summed E-state index contributed by atoms with van der Waals surface area (Å²) in [5, 5.41) is 7.07. The Hall–Kier alpha value is -3.55. The van der Waals surface area contributed by atoms with Crippen LogP contribution in [-0.4, -0.2) is 29.5 Å². The van der Waals surface area contributed by atoms with Crippen LogP contribution in [0.25, 0.3) is 32.2 Å². The second kappa shape index (κ2) is 9.52. The van der Waals surface area contributed by atoms with Gasteiger partial charge < -0.3 is 10.1 Å². The highest BCUT2D eigenvalue weighted by Gasteiger charge is 2.16. The van der Waals surface area contributed by atoms with Crippen LogP contribution in [0, 0.1) is 0 Å². The Balaban J connectivity index is 1.41. The Labute approximate surface area is 199 Å². The minimum Gasteiger partial charge on any atom is -0.496 e. The van der Waals surface area contributed by atoms with Crippen molar-refractivity contribution in [2.45, 2.75) is 6.42 Å². The van der Waals surface area contributed by atoms with E-state index in [0.29, 0.717) is 24.0 Å². The summed E-state index contributed by atoms with van der Waals surface area (Å²) in [6, 6.07) is 21.5. The number of hydrogen-bond acceptors (Lipinski definition) is 6. The molecule has 0 aliphatic rings. The summed E-state index contributed by atoms with van der Waals surface area (Å²) < 4.78 is 5.39. The van der Waals surface area contributed by atoms with Crippen molar-refractivity contribution in [1.82, 2.24) is 15.3 Å². The maximum absolute atomic E-state index is 12.8. The molecule has 0 fully saturated rings. The monoisotopic (exact) mass is 471 g/mol. The molecule has 0 spiro atoms. The molecule has 3 heterocycles. The van der Waals surface area contributed by atoms with E-state index in [2.05, 4.69) is 11.4 Å². The zero-order valence-corrected chi connectivity index (χ0v) is 19.6. The average molecular weight is 472 g/mol. The number of ether oxygens (including phenoxy) is 1. The van der Waals surface area contributed by atoms with Crippen molar-refractivity contribution in [1.29, 1.82) is 0 Å². The fourth-order valence-electron chi connectivity index (χ4n) is 3.69. The molecule has 5 aromatic rings. The molecule has 1 amide bonds. The standard InChI is InChI=1S/C26H21N3O2S2/c1-31-21-7-3-2-6-17(21)12-13-27-26(30)18-10-11-19-20(16-18)29-25(23-9-5-15-33-23)24(28-19)22-8-4-14-32-22/h2-11,14-16H,12-13H2,1H3,(H,27,30). The summed E-state index contributed by atoms with van der Waals surface area (Å²) in [4.78, 5) is 24.8. The lowest BCUT2D eigenvalue weighted by Gasteiger charge is -2.10. The van der Waals surface area contributed by atoms with E-state index in [0.717, 1.165) is 38.0 Å². The molecule has 0 unspecified atom stereocenters. The Morgan fingerprint density at radius 3 is 2.24 bits per heavy atom. The maximum Gasteiger partial charge on any atom is 0.251 e. The van der Waals surface area contributed by atoms with Crippen molar-refractivity contribution in [3.63, 3.8) is 0 Å². The van der Waals surface area contributed by atoms with Crippen LogP contribution in [0.4, 0.5) is 0 Å². The number of nitrogens with one attached hydrogen (secondary N) is 1. The molecule has 164 valence electrons. The lowest BCUT2D eigenvalue weighted by Crippen LogP contribution is -2.25. The third kappa shape index (κ3) is 4.51. The van der Waals surface area contributed by atoms with Crippen LogP contribution in [0.1, 0.15) is 15.9 Å². The molecule has 1 N–H and O–H groups in total. The molecule has 0 saturated heterocycles. The maximum atomic E-state index is 12.8. The molecule has 2 aromatic carbocycles. The van der Waals surface area contributed by atoms with Crippen LogP contribution >= 0.6 is 22.7 Å². The van der Waals surface area contributed by atoms with Crippen LogP contribution < -0.4 is 10.1 Å². The Morgan fingerprint density at radius 1 is 0.879 bits per heavy atom. The fraction of sp³-hybridized carbons (Fsp3) is 0.115. The van der Waals surface area contributed by atoms with E-state index in [1.54, 1.807) is 35.8 Å². The van der Waals surface area contributed by atoms with Crippen molar-refractivity contribution in [2.75, 3.05) is 13.7 Å². The number of fused-ring (bicyclic) bond motifs is 1. The van der Waals surface area contributed by atoms with Gasteiger partial charge in [0.05, 0.1) is 27.9 Å². The number of rotatable bonds is 7. The smallest absolute Gasteiger partial charge is 0.251 e. The quantitative estimate of drug-likeness (QED) is 0.313. The highest BCUT2D eigenvalue weighted by atomic mass is 32.1. The summed E-state index contributed by atoms with van der Waals surface area (Å²) >= 11 is 3.27. The summed E-state index contributed by atoms with van der Waals surface area (Å²) in [6.07, 6.45) is 0.690. The molecule has 0 aliphatic heterocycles. The topological polar surface area (TPSA) is 64.1 Å². The second-order valence-electron chi connectivity index (χ2n) is 7.40. The predicted molar refractivity (Wildman–Crippen MR) is 135 cm³/mol. The number of carbonyl (C=O) groups excluding carboxylic acids is 1. The van der Waals surface area contributed by atoms with Gasteiger partial charge >= 0.3 is 0 Å². The molecule has 0 radical (unpaired) electrons. The number of thiophene rings is 2. The van der Waals surface area contributed by atoms with Gasteiger partial charge in [-0.3, -0.25) is 4.79 Å². The van der Waals surface area contributed by atoms with Gasteiger partial charge in [-0.25, -0.2) is 9.97 Å². The van der Waals surface area contributed by atoms with Gasteiger partial charge in [0.2, 0.25) is 0 Å². The Bertz CT molecular complexity index is 1400. The van der Waals surface area contributed by atoms with Crippen molar-refractivity contribution in [3.05, 3.63) is 88.6 Å². The number of aromatic nitrogens is 2. The van der Waals surface area contributed by atoms with Crippen molar-refractivity contribution in [2.24, 2.45) is 0 Å². The molecule has 7 heteroatoms. The van der Waals surface area contributed by atoms with Crippen molar-refractivity contribution < 1.29 is 9.53 Å². The first-order chi connectivity index (χ1) is 16.2. The van der Waals surface area contributed by atoms with Crippen LogP contribution in [0.3, 0.4) is 0 Å². The Kier molecular flexibility index (Phi) is 6.15. The summed E-state index contributed by atoms with van der Waals surface area (Å²) in [5.41, 5.74) is 4.81. The van der Waals surface area contributed by atoms with E-state index in [1.807, 2.05) is 65.4 Å². The first-order valence-electron chi connectivity index (χ1n) is 10.5. The predicted octanol–water partition coefficient (Wildman–Crippen LogP) is 6.07. The Morgan fingerprint density at radius 2 is 1.58 bits per heavy atom. The minimum absolute atomic E-state index is 0.131. The number of hydrogen-bond donors (Lipinski definition) is 1. The summed E-state index contributed by atoms with van der Waals surface area (Å²) in [7, 11) is 1.65. The van der Waals surface area contributed by atoms with Crippen LogP contribution in [0.2, 0.25) is 0 Å². The fourth-order valence-corrected chi connectivity index (χ4v) is 5.12. The summed E-state index contributed by atoms with van der Waals surface area (Å²) in [5.74, 6) is 0.698.